The fourth-order valence-electron chi connectivity index (χ4n) is 1.44. The first kappa shape index (κ1) is 12.7. The maximum absolute atomic E-state index is 4.54. The van der Waals surface area contributed by atoms with Crippen LogP contribution >= 0.6 is 11.3 Å². The molecule has 0 atom stereocenters. The summed E-state index contributed by atoms with van der Waals surface area (Å²) in [6, 6.07) is 0.606. The van der Waals surface area contributed by atoms with Crippen molar-refractivity contribution >= 4 is 11.3 Å². The molecule has 2 nitrogen and oxygen atoms in total. The second-order valence-electron chi connectivity index (χ2n) is 4.32. The van der Waals surface area contributed by atoms with E-state index in [1.807, 2.05) is 11.3 Å². The minimum Gasteiger partial charge on any atom is -0.315 e. The van der Waals surface area contributed by atoms with Crippen molar-refractivity contribution in [2.45, 2.75) is 53.0 Å². The number of nitrogens with zero attached hydrogens (tertiary/aromatic N) is 1. The number of hydrogen-bond acceptors (Lipinski definition) is 3. The minimum atomic E-state index is 0.606. The van der Waals surface area contributed by atoms with E-state index in [0.29, 0.717) is 6.04 Å². The highest BCUT2D eigenvalue weighted by Crippen LogP contribution is 2.17. The molecule has 1 heterocycles. The fraction of sp³-hybridized carbons (Fsp3) is 0.750. The third kappa shape index (κ3) is 4.76. The molecule has 0 saturated carbocycles. The summed E-state index contributed by atoms with van der Waals surface area (Å²) >= 11 is 1.85. The van der Waals surface area contributed by atoms with E-state index >= 15 is 0 Å². The monoisotopic (exact) mass is 226 g/mol. The number of aryl methyl sites for hydroxylation is 3. The van der Waals surface area contributed by atoms with Crippen LogP contribution in [0.3, 0.4) is 0 Å². The average molecular weight is 226 g/mol. The van der Waals surface area contributed by atoms with Gasteiger partial charge in [-0.1, -0.05) is 13.8 Å². The maximum atomic E-state index is 4.54. The Balaban J connectivity index is 2.15. The van der Waals surface area contributed by atoms with Gasteiger partial charge in [0, 0.05) is 10.9 Å². The van der Waals surface area contributed by atoms with E-state index in [-0.39, 0.29) is 0 Å². The molecule has 0 radical (unpaired) electrons. The van der Waals surface area contributed by atoms with Crippen molar-refractivity contribution in [2.24, 2.45) is 0 Å². The first-order chi connectivity index (χ1) is 7.09. The highest BCUT2D eigenvalue weighted by Gasteiger charge is 2.02. The molecule has 0 bridgehead atoms. The van der Waals surface area contributed by atoms with Crippen molar-refractivity contribution in [2.75, 3.05) is 6.54 Å². The zero-order valence-electron chi connectivity index (χ0n) is 10.3. The Morgan fingerprint density at radius 3 is 2.53 bits per heavy atom. The molecule has 1 N–H and O–H groups in total. The van der Waals surface area contributed by atoms with Crippen LogP contribution < -0.4 is 5.32 Å². The normalized spacial score (nSPS) is 11.3. The second-order valence-corrected chi connectivity index (χ2v) is 5.60. The van der Waals surface area contributed by atoms with Crippen LogP contribution in [0.2, 0.25) is 0 Å². The van der Waals surface area contributed by atoms with Gasteiger partial charge in [-0.3, -0.25) is 0 Å². The molecular weight excluding hydrogens is 204 g/mol. The van der Waals surface area contributed by atoms with Crippen LogP contribution in [0.4, 0.5) is 0 Å². The molecular formula is C12H22N2S. The number of thiazole rings is 1. The van der Waals surface area contributed by atoms with E-state index in [9.17, 15) is 0 Å². The van der Waals surface area contributed by atoms with E-state index in [4.69, 9.17) is 0 Å². The Labute approximate surface area is 97.1 Å². The van der Waals surface area contributed by atoms with Crippen molar-refractivity contribution < 1.29 is 0 Å². The Hall–Kier alpha value is -0.410. The lowest BCUT2D eigenvalue weighted by molar-refractivity contribution is 0.557. The maximum Gasteiger partial charge on any atom is 0.0930 e. The van der Waals surface area contributed by atoms with Crippen LogP contribution in [0.15, 0.2) is 0 Å². The number of rotatable bonds is 6. The van der Waals surface area contributed by atoms with Crippen LogP contribution in [-0.2, 0) is 6.42 Å². The van der Waals surface area contributed by atoms with Crippen molar-refractivity contribution in [3.63, 3.8) is 0 Å². The lowest BCUT2D eigenvalue weighted by atomic mass is 10.2. The molecule has 0 aliphatic heterocycles. The average Bonchev–Trinajstić information content (AvgIpc) is 2.45. The van der Waals surface area contributed by atoms with Crippen molar-refractivity contribution in [3.05, 3.63) is 15.6 Å². The number of unbranched alkanes of at least 4 members (excludes halogenated alkanes) is 1. The van der Waals surface area contributed by atoms with E-state index in [0.717, 1.165) is 13.0 Å². The molecule has 15 heavy (non-hydrogen) atoms. The molecule has 1 aromatic rings. The SMILES string of the molecule is Cc1nc(CCCCNC(C)C)sc1C. The zero-order chi connectivity index (χ0) is 11.3. The van der Waals surface area contributed by atoms with Crippen molar-refractivity contribution in [3.8, 4) is 0 Å². The summed E-state index contributed by atoms with van der Waals surface area (Å²) in [5.74, 6) is 0. The Morgan fingerprint density at radius 1 is 1.27 bits per heavy atom. The molecule has 0 aliphatic carbocycles. The molecule has 86 valence electrons. The largest absolute Gasteiger partial charge is 0.315 e. The molecule has 1 aromatic heterocycles. The predicted molar refractivity (Wildman–Crippen MR) is 67.7 cm³/mol. The minimum absolute atomic E-state index is 0.606. The van der Waals surface area contributed by atoms with E-state index in [2.05, 4.69) is 38.0 Å². The highest BCUT2D eigenvalue weighted by molar-refractivity contribution is 7.11. The summed E-state index contributed by atoms with van der Waals surface area (Å²) in [5.41, 5.74) is 1.20. The smallest absolute Gasteiger partial charge is 0.0930 e. The van der Waals surface area contributed by atoms with E-state index in [1.165, 1.54) is 28.4 Å². The third-order valence-electron chi connectivity index (χ3n) is 2.44. The summed E-state index contributed by atoms with van der Waals surface area (Å²) in [6.45, 7) is 9.74. The zero-order valence-corrected chi connectivity index (χ0v) is 11.1. The number of aromatic nitrogens is 1. The van der Waals surface area contributed by atoms with Crippen molar-refractivity contribution in [1.82, 2.24) is 10.3 Å². The van der Waals surface area contributed by atoms with Crippen LogP contribution in [0.25, 0.3) is 0 Å². The van der Waals surface area contributed by atoms with Gasteiger partial charge >= 0.3 is 0 Å². The lowest BCUT2D eigenvalue weighted by Crippen LogP contribution is -2.23. The number of nitrogens with one attached hydrogen (secondary N) is 1. The van der Waals surface area contributed by atoms with Crippen LogP contribution in [0.5, 0.6) is 0 Å². The molecule has 0 aromatic carbocycles. The summed E-state index contributed by atoms with van der Waals surface area (Å²) in [5, 5.41) is 4.73. The summed E-state index contributed by atoms with van der Waals surface area (Å²) in [4.78, 5) is 5.91. The molecule has 0 amide bonds. The van der Waals surface area contributed by atoms with Crippen LogP contribution in [-0.4, -0.2) is 17.6 Å². The van der Waals surface area contributed by atoms with Crippen LogP contribution in [0, 0.1) is 13.8 Å². The topological polar surface area (TPSA) is 24.9 Å². The molecule has 0 unspecified atom stereocenters. The quantitative estimate of drug-likeness (QED) is 0.754. The molecule has 0 aliphatic rings. The Bertz CT molecular complexity index is 272. The van der Waals surface area contributed by atoms with Crippen LogP contribution in [0.1, 0.15) is 42.3 Å². The summed E-state index contributed by atoms with van der Waals surface area (Å²) < 4.78 is 0. The molecule has 0 spiro atoms. The van der Waals surface area contributed by atoms with Gasteiger partial charge in [0.1, 0.15) is 0 Å². The Kier molecular flexibility index (Phi) is 5.26. The van der Waals surface area contributed by atoms with Gasteiger partial charge in [-0.25, -0.2) is 4.98 Å². The van der Waals surface area contributed by atoms with Gasteiger partial charge in [-0.2, -0.15) is 0 Å². The van der Waals surface area contributed by atoms with Gasteiger partial charge in [0.25, 0.3) is 0 Å². The second kappa shape index (κ2) is 6.23. The Morgan fingerprint density at radius 2 is 2.00 bits per heavy atom. The predicted octanol–water partition coefficient (Wildman–Crippen LogP) is 3.08. The summed E-state index contributed by atoms with van der Waals surface area (Å²) in [6.07, 6.45) is 3.63. The fourth-order valence-corrected chi connectivity index (χ4v) is 2.41. The van der Waals surface area contributed by atoms with Gasteiger partial charge in [-0.05, 0) is 39.7 Å². The third-order valence-corrected chi connectivity index (χ3v) is 3.58. The van der Waals surface area contributed by atoms with E-state index in [1.54, 1.807) is 0 Å². The van der Waals surface area contributed by atoms with Gasteiger partial charge < -0.3 is 5.32 Å². The van der Waals surface area contributed by atoms with Gasteiger partial charge in [-0.15, -0.1) is 11.3 Å². The first-order valence-electron chi connectivity index (χ1n) is 5.76. The van der Waals surface area contributed by atoms with Crippen molar-refractivity contribution in [1.29, 1.82) is 0 Å². The standard InChI is InChI=1S/C12H22N2S/c1-9(2)13-8-6-5-7-12-14-10(3)11(4)15-12/h9,13H,5-8H2,1-4H3. The molecule has 3 heteroatoms. The van der Waals surface area contributed by atoms with Gasteiger partial charge in [0.2, 0.25) is 0 Å². The molecule has 1 rings (SSSR count). The first-order valence-corrected chi connectivity index (χ1v) is 6.57. The number of hydrogen-bond donors (Lipinski definition) is 1. The van der Waals surface area contributed by atoms with Gasteiger partial charge in [0.15, 0.2) is 0 Å². The summed E-state index contributed by atoms with van der Waals surface area (Å²) in [7, 11) is 0. The van der Waals surface area contributed by atoms with Gasteiger partial charge in [0.05, 0.1) is 10.7 Å². The highest BCUT2D eigenvalue weighted by atomic mass is 32.1. The molecule has 0 fully saturated rings. The lowest BCUT2D eigenvalue weighted by Gasteiger charge is -2.06. The molecule has 0 saturated heterocycles. The van der Waals surface area contributed by atoms with E-state index < -0.39 is 0 Å².